The molecule has 0 radical (unpaired) electrons. The third kappa shape index (κ3) is 6.68. The van der Waals surface area contributed by atoms with Gasteiger partial charge in [-0.15, -0.1) is 0 Å². The van der Waals surface area contributed by atoms with Gasteiger partial charge < -0.3 is 19.9 Å². The van der Waals surface area contributed by atoms with Gasteiger partial charge in [-0.25, -0.2) is 18.1 Å². The minimum absolute atomic E-state index is 0.235. The van der Waals surface area contributed by atoms with Crippen LogP contribution in [-0.4, -0.2) is 69.2 Å². The first-order valence-electron chi connectivity index (χ1n) is 11.3. The number of fused-ring (bicyclic) bond motifs is 1. The van der Waals surface area contributed by atoms with Crippen LogP contribution >= 0.6 is 11.6 Å². The number of benzene rings is 1. The molecule has 1 fully saturated rings. The van der Waals surface area contributed by atoms with Crippen molar-refractivity contribution in [2.24, 2.45) is 0 Å². The van der Waals surface area contributed by atoms with Crippen LogP contribution in [0.3, 0.4) is 0 Å². The number of piperazine rings is 1. The molecule has 178 valence electrons. The highest BCUT2D eigenvalue weighted by Crippen LogP contribution is 2.21. The van der Waals surface area contributed by atoms with Crippen LogP contribution in [0.15, 0.2) is 47.6 Å². The van der Waals surface area contributed by atoms with Gasteiger partial charge in [-0.2, -0.15) is 0 Å². The van der Waals surface area contributed by atoms with E-state index in [1.165, 1.54) is 0 Å². The first-order chi connectivity index (χ1) is 16.0. The molecule has 0 amide bonds. The number of halogens is 1. The summed E-state index contributed by atoms with van der Waals surface area (Å²) >= 11 is 6.03. The molecule has 1 aliphatic heterocycles. The maximum absolute atomic E-state index is 12.6. The number of ether oxygens (including phenoxy) is 1. The number of aromatic nitrogens is 2. The van der Waals surface area contributed by atoms with Gasteiger partial charge in [0, 0.05) is 57.0 Å². The molecule has 0 bridgehead atoms. The topological polar surface area (TPSA) is 99.3 Å². The van der Waals surface area contributed by atoms with Gasteiger partial charge in [0.25, 0.3) is 0 Å². The number of pyridine rings is 1. The highest BCUT2D eigenvalue weighted by molar-refractivity contribution is 7.89. The van der Waals surface area contributed by atoms with Crippen molar-refractivity contribution in [3.05, 3.63) is 53.3 Å². The molecule has 3 aromatic rings. The largest absolute Gasteiger partial charge is 0.494 e. The van der Waals surface area contributed by atoms with Crippen molar-refractivity contribution < 1.29 is 13.2 Å². The van der Waals surface area contributed by atoms with E-state index >= 15 is 0 Å². The third-order valence-electron chi connectivity index (χ3n) is 5.73. The second kappa shape index (κ2) is 11.3. The van der Waals surface area contributed by atoms with Crippen LogP contribution in [0, 0.1) is 0 Å². The number of H-pyrrole nitrogens is 1. The molecule has 1 aromatic carbocycles. The summed E-state index contributed by atoms with van der Waals surface area (Å²) in [6, 6.07) is 8.46. The first-order valence-corrected chi connectivity index (χ1v) is 13.1. The Morgan fingerprint density at radius 2 is 1.94 bits per heavy atom. The molecule has 1 saturated heterocycles. The van der Waals surface area contributed by atoms with Crippen LogP contribution in [-0.2, 0) is 16.4 Å². The van der Waals surface area contributed by atoms with Crippen LogP contribution in [0.1, 0.15) is 18.4 Å². The molecule has 10 heteroatoms. The third-order valence-corrected chi connectivity index (χ3v) is 7.41. The predicted octanol–water partition coefficient (Wildman–Crippen LogP) is 2.80. The Hall–Kier alpha value is -2.17. The van der Waals surface area contributed by atoms with E-state index in [0.717, 1.165) is 55.7 Å². The highest BCUT2D eigenvalue weighted by atomic mass is 35.5. The Labute approximate surface area is 199 Å². The number of nitrogens with zero attached hydrogens (tertiary/aromatic N) is 2. The second-order valence-corrected chi connectivity index (χ2v) is 10.3. The minimum atomic E-state index is -3.57. The summed E-state index contributed by atoms with van der Waals surface area (Å²) in [4.78, 5) is 10.0. The number of hydrogen-bond donors (Lipinski definition) is 3. The van der Waals surface area contributed by atoms with Crippen molar-refractivity contribution in [2.45, 2.75) is 24.2 Å². The standard InChI is InChI=1S/C23H30ClN5O3S/c24-19-15-22-18(16-26-23(22)27-17-19)3-1-8-28-33(30,31)21-6-4-20(5-7-21)32-14-2-11-29-12-9-25-10-13-29/h4-7,15-17,25,28H,1-3,8-14H2,(H,26,27). The molecule has 33 heavy (non-hydrogen) atoms. The number of nitrogens with one attached hydrogen (secondary N) is 3. The molecule has 0 unspecified atom stereocenters. The zero-order valence-corrected chi connectivity index (χ0v) is 20.1. The van der Waals surface area contributed by atoms with Gasteiger partial charge in [-0.05, 0) is 55.2 Å². The van der Waals surface area contributed by atoms with E-state index in [1.54, 1.807) is 30.5 Å². The van der Waals surface area contributed by atoms with E-state index in [1.807, 2.05) is 12.3 Å². The average molecular weight is 492 g/mol. The monoisotopic (exact) mass is 491 g/mol. The molecule has 3 N–H and O–H groups in total. The molecule has 3 heterocycles. The van der Waals surface area contributed by atoms with E-state index < -0.39 is 10.0 Å². The van der Waals surface area contributed by atoms with Crippen LogP contribution in [0.2, 0.25) is 5.02 Å². The quantitative estimate of drug-likeness (QED) is 0.357. The van der Waals surface area contributed by atoms with Gasteiger partial charge in [0.2, 0.25) is 10.0 Å². The average Bonchev–Trinajstić information content (AvgIpc) is 3.22. The fraction of sp³-hybridized carbons (Fsp3) is 0.435. The van der Waals surface area contributed by atoms with Gasteiger partial charge in [0.1, 0.15) is 11.4 Å². The Balaban J connectivity index is 1.20. The Kier molecular flexibility index (Phi) is 8.21. The molecule has 1 aliphatic rings. The number of hydrogen-bond acceptors (Lipinski definition) is 6. The molecule has 2 aromatic heterocycles. The lowest BCUT2D eigenvalue weighted by molar-refractivity contribution is 0.214. The lowest BCUT2D eigenvalue weighted by atomic mass is 10.1. The van der Waals surface area contributed by atoms with Gasteiger partial charge >= 0.3 is 0 Å². The summed E-state index contributed by atoms with van der Waals surface area (Å²) < 4.78 is 33.6. The maximum Gasteiger partial charge on any atom is 0.240 e. The molecule has 0 atom stereocenters. The van der Waals surface area contributed by atoms with Crippen LogP contribution in [0.5, 0.6) is 5.75 Å². The SMILES string of the molecule is O=S(=O)(NCCCc1c[nH]c2ncc(Cl)cc12)c1ccc(OCCCN2CCNCC2)cc1. The van der Waals surface area contributed by atoms with Gasteiger partial charge in [-0.1, -0.05) is 11.6 Å². The van der Waals surface area contributed by atoms with Crippen molar-refractivity contribution in [3.63, 3.8) is 0 Å². The summed E-state index contributed by atoms with van der Waals surface area (Å²) in [5, 5.41) is 4.89. The normalized spacial score (nSPS) is 15.2. The Morgan fingerprint density at radius 3 is 2.73 bits per heavy atom. The minimum Gasteiger partial charge on any atom is -0.494 e. The van der Waals surface area contributed by atoms with Crippen LogP contribution < -0.4 is 14.8 Å². The maximum atomic E-state index is 12.6. The lowest BCUT2D eigenvalue weighted by Gasteiger charge is -2.26. The molecular formula is C23H30ClN5O3S. The van der Waals surface area contributed by atoms with Crippen molar-refractivity contribution in [2.75, 3.05) is 45.9 Å². The second-order valence-electron chi connectivity index (χ2n) is 8.13. The molecular weight excluding hydrogens is 462 g/mol. The Bertz CT molecular complexity index is 1140. The first kappa shape index (κ1) is 24.0. The highest BCUT2D eigenvalue weighted by Gasteiger charge is 2.14. The van der Waals surface area contributed by atoms with Gasteiger partial charge in [-0.3, -0.25) is 0 Å². The smallest absolute Gasteiger partial charge is 0.240 e. The van der Waals surface area contributed by atoms with E-state index in [0.29, 0.717) is 36.8 Å². The van der Waals surface area contributed by atoms with E-state index in [9.17, 15) is 8.42 Å². The zero-order chi connectivity index (χ0) is 23.1. The zero-order valence-electron chi connectivity index (χ0n) is 18.5. The van der Waals surface area contributed by atoms with E-state index in [-0.39, 0.29) is 4.90 Å². The Morgan fingerprint density at radius 1 is 1.15 bits per heavy atom. The lowest BCUT2D eigenvalue weighted by Crippen LogP contribution is -2.43. The summed E-state index contributed by atoms with van der Waals surface area (Å²) in [7, 11) is -3.57. The van der Waals surface area contributed by atoms with Gasteiger partial charge in [0.15, 0.2) is 0 Å². The van der Waals surface area contributed by atoms with Crippen molar-refractivity contribution in [1.82, 2.24) is 24.9 Å². The fourth-order valence-electron chi connectivity index (χ4n) is 3.94. The predicted molar refractivity (Wildman–Crippen MR) is 130 cm³/mol. The summed E-state index contributed by atoms with van der Waals surface area (Å²) in [5.41, 5.74) is 1.85. The number of aryl methyl sites for hydroxylation is 1. The molecule has 0 spiro atoms. The molecule has 4 rings (SSSR count). The van der Waals surface area contributed by atoms with Crippen LogP contribution in [0.25, 0.3) is 11.0 Å². The number of sulfonamides is 1. The molecule has 0 saturated carbocycles. The van der Waals surface area contributed by atoms with Gasteiger partial charge in [0.05, 0.1) is 16.5 Å². The van der Waals surface area contributed by atoms with Crippen molar-refractivity contribution in [3.8, 4) is 5.75 Å². The summed E-state index contributed by atoms with van der Waals surface area (Å²) in [5.74, 6) is 0.681. The van der Waals surface area contributed by atoms with E-state index in [4.69, 9.17) is 16.3 Å². The number of rotatable bonds is 11. The van der Waals surface area contributed by atoms with Crippen molar-refractivity contribution in [1.29, 1.82) is 0 Å². The van der Waals surface area contributed by atoms with E-state index in [2.05, 4.69) is 24.9 Å². The summed E-state index contributed by atoms with van der Waals surface area (Å²) in [6.07, 6.45) is 5.81. The molecule has 0 aliphatic carbocycles. The molecule has 8 nitrogen and oxygen atoms in total. The fourth-order valence-corrected chi connectivity index (χ4v) is 5.17. The summed E-state index contributed by atoms with van der Waals surface area (Å²) in [6.45, 7) is 6.20. The number of aromatic amines is 1. The van der Waals surface area contributed by atoms with Crippen molar-refractivity contribution >= 4 is 32.7 Å². The van der Waals surface area contributed by atoms with Crippen LogP contribution in [0.4, 0.5) is 0 Å².